The van der Waals surface area contributed by atoms with E-state index in [9.17, 15) is 13.6 Å². The molecule has 4 nitrogen and oxygen atoms in total. The number of fused-ring (bicyclic) bond motifs is 1. The lowest BCUT2D eigenvalue weighted by atomic mass is 9.86. The smallest absolute Gasteiger partial charge is 0.376 e. The lowest BCUT2D eigenvalue weighted by molar-refractivity contribution is -0.169. The highest BCUT2D eigenvalue weighted by atomic mass is 79.9. The molecule has 1 unspecified atom stereocenters. The molecule has 1 atom stereocenters. The van der Waals surface area contributed by atoms with Gasteiger partial charge in [-0.15, -0.1) is 0 Å². The highest BCUT2D eigenvalue weighted by Crippen LogP contribution is 2.40. The molecule has 3 rings (SSSR count). The average Bonchev–Trinajstić information content (AvgIpc) is 3.01. The molecule has 7 heteroatoms. The summed E-state index contributed by atoms with van der Waals surface area (Å²) in [6.45, 7) is 0. The van der Waals surface area contributed by atoms with Gasteiger partial charge in [-0.2, -0.15) is 8.78 Å². The summed E-state index contributed by atoms with van der Waals surface area (Å²) in [5.41, 5.74) is 2.29. The minimum atomic E-state index is -3.62. The van der Waals surface area contributed by atoms with E-state index in [2.05, 4.69) is 20.7 Å². The summed E-state index contributed by atoms with van der Waals surface area (Å²) < 4.78 is 41.3. The highest BCUT2D eigenvalue weighted by molar-refractivity contribution is 9.10. The number of alkyl halides is 2. The molecule has 2 aromatic carbocycles. The zero-order chi connectivity index (χ0) is 20.5. The molecule has 28 heavy (non-hydrogen) atoms. The zero-order valence-electron chi connectivity index (χ0n) is 15.7. The van der Waals surface area contributed by atoms with E-state index in [1.54, 1.807) is 31.4 Å². The fourth-order valence-electron chi connectivity index (χ4n) is 3.41. The van der Waals surface area contributed by atoms with Crippen LogP contribution in [0.1, 0.15) is 23.5 Å². The number of benzene rings is 2. The van der Waals surface area contributed by atoms with Crippen molar-refractivity contribution in [3.8, 4) is 5.75 Å². The van der Waals surface area contributed by atoms with Crippen LogP contribution in [0.2, 0.25) is 0 Å². The van der Waals surface area contributed by atoms with Crippen LogP contribution in [0.3, 0.4) is 0 Å². The van der Waals surface area contributed by atoms with E-state index in [-0.39, 0.29) is 0 Å². The molecule has 0 aliphatic carbocycles. The first-order valence-electron chi connectivity index (χ1n) is 8.61. The number of esters is 1. The minimum Gasteiger partial charge on any atom is -0.497 e. The van der Waals surface area contributed by atoms with E-state index in [0.717, 1.165) is 22.5 Å². The zero-order valence-corrected chi connectivity index (χ0v) is 17.3. The summed E-state index contributed by atoms with van der Waals surface area (Å²) in [5, 5.41) is 0.846. The van der Waals surface area contributed by atoms with Crippen LogP contribution < -0.4 is 4.74 Å². The third-order valence-electron chi connectivity index (χ3n) is 4.82. The van der Waals surface area contributed by atoms with Gasteiger partial charge < -0.3 is 14.0 Å². The number of hydrogen-bond acceptors (Lipinski definition) is 3. The molecule has 0 radical (unpaired) electrons. The topological polar surface area (TPSA) is 40.5 Å². The van der Waals surface area contributed by atoms with E-state index in [4.69, 9.17) is 4.74 Å². The Morgan fingerprint density at radius 1 is 1.18 bits per heavy atom. The molecule has 0 bridgehead atoms. The van der Waals surface area contributed by atoms with Crippen LogP contribution in [-0.4, -0.2) is 30.7 Å². The number of nitrogens with zero attached hydrogens (tertiary/aromatic N) is 1. The highest BCUT2D eigenvalue weighted by Gasteiger charge is 2.43. The maximum Gasteiger partial charge on any atom is 0.376 e. The molecule has 0 amide bonds. The Morgan fingerprint density at radius 3 is 2.46 bits per heavy atom. The molecular formula is C21H20BrF2NO3. The van der Waals surface area contributed by atoms with E-state index >= 15 is 0 Å². The molecule has 1 aromatic heterocycles. The Labute approximate surface area is 170 Å². The van der Waals surface area contributed by atoms with E-state index in [1.807, 2.05) is 36.0 Å². The van der Waals surface area contributed by atoms with Crippen molar-refractivity contribution in [2.45, 2.75) is 18.3 Å². The molecule has 1 heterocycles. The van der Waals surface area contributed by atoms with Gasteiger partial charge in [0.2, 0.25) is 0 Å². The molecular weight excluding hydrogens is 432 g/mol. The third kappa shape index (κ3) is 3.90. The molecule has 0 saturated heterocycles. The largest absolute Gasteiger partial charge is 0.497 e. The van der Waals surface area contributed by atoms with Crippen molar-refractivity contribution >= 4 is 32.8 Å². The van der Waals surface area contributed by atoms with Gasteiger partial charge in [0.1, 0.15) is 5.75 Å². The van der Waals surface area contributed by atoms with Crippen LogP contribution in [0.4, 0.5) is 8.78 Å². The van der Waals surface area contributed by atoms with Gasteiger partial charge in [-0.1, -0.05) is 28.1 Å². The van der Waals surface area contributed by atoms with Crippen LogP contribution in [0.25, 0.3) is 10.9 Å². The standard InChI is InChI=1S/C21H20BrF2NO3/c1-25-12-18(16-10-14(22)6-9-19(16)25)17(11-21(23,24)20(26)28-3)13-4-7-15(27-2)8-5-13/h4-10,12,17H,11H2,1-3H3. The summed E-state index contributed by atoms with van der Waals surface area (Å²) in [6.07, 6.45) is 1.14. The monoisotopic (exact) mass is 451 g/mol. The summed E-state index contributed by atoms with van der Waals surface area (Å²) in [6, 6.07) is 12.7. The van der Waals surface area contributed by atoms with Gasteiger partial charge in [-0.25, -0.2) is 4.79 Å². The van der Waals surface area contributed by atoms with E-state index < -0.39 is 24.2 Å². The predicted octanol–water partition coefficient (Wildman–Crippen LogP) is 5.28. The van der Waals surface area contributed by atoms with Crippen LogP contribution in [0, 0.1) is 0 Å². The quantitative estimate of drug-likeness (QED) is 0.478. The number of halogens is 3. The summed E-state index contributed by atoms with van der Waals surface area (Å²) in [5.74, 6) is -5.23. The van der Waals surface area contributed by atoms with Crippen LogP contribution in [0.15, 0.2) is 53.1 Å². The lowest BCUT2D eigenvalue weighted by Crippen LogP contribution is -2.32. The maximum atomic E-state index is 14.6. The normalized spacial score (nSPS) is 12.8. The van der Waals surface area contributed by atoms with Gasteiger partial charge >= 0.3 is 11.9 Å². The van der Waals surface area contributed by atoms with Crippen molar-refractivity contribution < 1.29 is 23.0 Å². The van der Waals surface area contributed by atoms with Crippen molar-refractivity contribution in [2.24, 2.45) is 7.05 Å². The minimum absolute atomic E-state index is 0.628. The van der Waals surface area contributed by atoms with Crippen LogP contribution in [-0.2, 0) is 16.6 Å². The van der Waals surface area contributed by atoms with E-state index in [0.29, 0.717) is 16.9 Å². The van der Waals surface area contributed by atoms with Crippen molar-refractivity contribution in [3.63, 3.8) is 0 Å². The number of carbonyl (C=O) groups excluding carboxylic acids is 1. The molecule has 148 valence electrons. The molecule has 0 saturated carbocycles. The number of aryl methyl sites for hydroxylation is 1. The van der Waals surface area contributed by atoms with Crippen molar-refractivity contribution in [2.75, 3.05) is 14.2 Å². The Hall–Kier alpha value is -2.41. The molecule has 0 N–H and O–H groups in total. The first-order valence-corrected chi connectivity index (χ1v) is 9.41. The molecule has 0 fully saturated rings. The van der Waals surface area contributed by atoms with Gasteiger partial charge in [0, 0.05) is 41.0 Å². The Morgan fingerprint density at radius 2 is 1.86 bits per heavy atom. The van der Waals surface area contributed by atoms with Gasteiger partial charge in [0.25, 0.3) is 0 Å². The SMILES string of the molecule is COC(=O)C(F)(F)CC(c1ccc(OC)cc1)c1cn(C)c2ccc(Br)cc12. The Bertz CT molecular complexity index is 999. The lowest BCUT2D eigenvalue weighted by Gasteiger charge is -2.22. The number of methoxy groups -OCH3 is 2. The van der Waals surface area contributed by atoms with Gasteiger partial charge in [-0.3, -0.25) is 0 Å². The van der Waals surface area contributed by atoms with E-state index in [1.165, 1.54) is 0 Å². The second-order valence-electron chi connectivity index (χ2n) is 6.58. The van der Waals surface area contributed by atoms with Crippen molar-refractivity contribution in [3.05, 3.63) is 64.3 Å². The van der Waals surface area contributed by atoms with Crippen molar-refractivity contribution in [1.29, 1.82) is 0 Å². The molecule has 3 aromatic rings. The third-order valence-corrected chi connectivity index (χ3v) is 5.31. The maximum absolute atomic E-state index is 14.6. The fraction of sp³-hybridized carbons (Fsp3) is 0.286. The van der Waals surface area contributed by atoms with Crippen LogP contribution >= 0.6 is 15.9 Å². The summed E-state index contributed by atoms with van der Waals surface area (Å²) in [4.78, 5) is 11.7. The van der Waals surface area contributed by atoms with Crippen LogP contribution in [0.5, 0.6) is 5.75 Å². The summed E-state index contributed by atoms with van der Waals surface area (Å²) in [7, 11) is 4.37. The predicted molar refractivity (Wildman–Crippen MR) is 107 cm³/mol. The fourth-order valence-corrected chi connectivity index (χ4v) is 3.77. The first kappa shape index (κ1) is 20.3. The number of carbonyl (C=O) groups is 1. The second kappa shape index (κ2) is 7.91. The summed E-state index contributed by atoms with van der Waals surface area (Å²) >= 11 is 3.45. The number of hydrogen-bond donors (Lipinski definition) is 0. The number of rotatable bonds is 6. The number of ether oxygens (including phenoxy) is 2. The number of aromatic nitrogens is 1. The molecule has 0 aliphatic rings. The molecule has 0 aliphatic heterocycles. The Balaban J connectivity index is 2.16. The van der Waals surface area contributed by atoms with Gasteiger partial charge in [0.15, 0.2) is 0 Å². The van der Waals surface area contributed by atoms with Gasteiger partial charge in [-0.05, 0) is 41.5 Å². The van der Waals surface area contributed by atoms with Crippen molar-refractivity contribution in [1.82, 2.24) is 4.57 Å². The second-order valence-corrected chi connectivity index (χ2v) is 7.50. The molecule has 0 spiro atoms. The average molecular weight is 452 g/mol. The Kier molecular flexibility index (Phi) is 5.74. The van der Waals surface area contributed by atoms with Gasteiger partial charge in [0.05, 0.1) is 14.2 Å². The first-order chi connectivity index (χ1) is 13.3.